The number of aliphatic carboxylic acids is 1. The van der Waals surface area contributed by atoms with Crippen molar-refractivity contribution in [2.24, 2.45) is 0 Å². The molecule has 2 aliphatic rings. The van der Waals surface area contributed by atoms with Gasteiger partial charge in [0.15, 0.2) is 0 Å². The van der Waals surface area contributed by atoms with Crippen molar-refractivity contribution in [1.29, 1.82) is 0 Å². The lowest BCUT2D eigenvalue weighted by atomic mass is 9.93. The summed E-state index contributed by atoms with van der Waals surface area (Å²) in [5, 5.41) is 12.6. The van der Waals surface area contributed by atoms with E-state index in [-0.39, 0.29) is 11.9 Å². The van der Waals surface area contributed by atoms with Gasteiger partial charge in [-0.2, -0.15) is 0 Å². The topological polar surface area (TPSA) is 69.6 Å². The molecule has 0 aliphatic carbocycles. The molecule has 0 spiro atoms. The fourth-order valence-corrected chi connectivity index (χ4v) is 3.07. The van der Waals surface area contributed by atoms with Gasteiger partial charge < -0.3 is 15.3 Å². The normalized spacial score (nSPS) is 25.3. The quantitative estimate of drug-likeness (QED) is 0.836. The first-order valence-corrected chi connectivity index (χ1v) is 7.00. The minimum Gasteiger partial charge on any atom is -0.480 e. The van der Waals surface area contributed by atoms with E-state index in [9.17, 15) is 14.7 Å². The highest BCUT2D eigenvalue weighted by Crippen LogP contribution is 2.25. The first kappa shape index (κ1) is 13.1. The van der Waals surface area contributed by atoms with E-state index in [1.165, 1.54) is 4.90 Å². The van der Waals surface area contributed by atoms with E-state index < -0.39 is 12.0 Å². The third-order valence-electron chi connectivity index (χ3n) is 4.18. The predicted octanol–water partition coefficient (Wildman–Crippen LogP) is 0.776. The van der Waals surface area contributed by atoms with Crippen molar-refractivity contribution in [3.05, 3.63) is 35.4 Å². The van der Waals surface area contributed by atoms with Gasteiger partial charge in [0.1, 0.15) is 6.04 Å². The van der Waals surface area contributed by atoms with Crippen LogP contribution in [-0.4, -0.2) is 40.5 Å². The number of nitrogens with one attached hydrogen (secondary N) is 1. The van der Waals surface area contributed by atoms with Gasteiger partial charge in [-0.3, -0.25) is 4.79 Å². The Hall–Kier alpha value is -1.88. The summed E-state index contributed by atoms with van der Waals surface area (Å²) in [7, 11) is 0. The van der Waals surface area contributed by atoms with Gasteiger partial charge in [-0.25, -0.2) is 4.79 Å². The minimum absolute atomic E-state index is 0.0793. The lowest BCUT2D eigenvalue weighted by molar-refractivity contribution is -0.152. The molecule has 3 rings (SSSR count). The van der Waals surface area contributed by atoms with Crippen LogP contribution in [-0.2, 0) is 22.6 Å². The molecule has 20 heavy (non-hydrogen) atoms. The molecule has 2 N–H and O–H groups in total. The van der Waals surface area contributed by atoms with Gasteiger partial charge in [-0.05, 0) is 30.5 Å². The number of carbonyl (C=O) groups is 2. The van der Waals surface area contributed by atoms with Gasteiger partial charge in [0.05, 0.1) is 6.04 Å². The highest BCUT2D eigenvalue weighted by atomic mass is 16.4. The van der Waals surface area contributed by atoms with Gasteiger partial charge in [-0.15, -0.1) is 0 Å². The lowest BCUT2D eigenvalue weighted by Crippen LogP contribution is -2.53. The van der Waals surface area contributed by atoms with E-state index >= 15 is 0 Å². The van der Waals surface area contributed by atoms with Gasteiger partial charge in [0, 0.05) is 13.0 Å². The summed E-state index contributed by atoms with van der Waals surface area (Å²) in [6.07, 6.45) is 2.16. The maximum absolute atomic E-state index is 12.5. The monoisotopic (exact) mass is 274 g/mol. The van der Waals surface area contributed by atoms with Gasteiger partial charge in [-0.1, -0.05) is 24.3 Å². The van der Waals surface area contributed by atoms with Gasteiger partial charge >= 0.3 is 5.97 Å². The Morgan fingerprint density at radius 1 is 1.25 bits per heavy atom. The number of hydrogen-bond acceptors (Lipinski definition) is 3. The molecular weight excluding hydrogens is 256 g/mol. The van der Waals surface area contributed by atoms with Crippen LogP contribution < -0.4 is 5.32 Å². The first-order chi connectivity index (χ1) is 9.66. The number of benzene rings is 1. The molecule has 1 aromatic rings. The maximum atomic E-state index is 12.5. The fourth-order valence-electron chi connectivity index (χ4n) is 3.07. The summed E-state index contributed by atoms with van der Waals surface area (Å²) in [5.41, 5.74) is 2.08. The summed E-state index contributed by atoms with van der Waals surface area (Å²) in [6, 6.07) is 6.78. The number of nitrogens with zero attached hydrogens (tertiary/aromatic N) is 1. The van der Waals surface area contributed by atoms with E-state index in [1.54, 1.807) is 0 Å². The third-order valence-corrected chi connectivity index (χ3v) is 4.18. The van der Waals surface area contributed by atoms with Crippen LogP contribution in [0.4, 0.5) is 0 Å². The van der Waals surface area contributed by atoms with Crippen LogP contribution in [0.5, 0.6) is 0 Å². The lowest BCUT2D eigenvalue weighted by Gasteiger charge is -2.36. The van der Waals surface area contributed by atoms with E-state index in [2.05, 4.69) is 5.32 Å². The SMILES string of the molecule is O=C(O)[C@H]1Cc2ccccc2CN1C(=O)[C@@H]1CCCN1. The predicted molar refractivity (Wildman–Crippen MR) is 73.1 cm³/mol. The first-order valence-electron chi connectivity index (χ1n) is 7.00. The largest absolute Gasteiger partial charge is 0.480 e. The van der Waals surface area contributed by atoms with Crippen LogP contribution in [0.15, 0.2) is 24.3 Å². The van der Waals surface area contributed by atoms with Crippen molar-refractivity contribution < 1.29 is 14.7 Å². The van der Waals surface area contributed by atoms with Crippen LogP contribution in [0.2, 0.25) is 0 Å². The van der Waals surface area contributed by atoms with Crippen molar-refractivity contribution in [2.45, 2.75) is 37.9 Å². The number of fused-ring (bicyclic) bond motifs is 1. The maximum Gasteiger partial charge on any atom is 0.326 e. The third kappa shape index (κ3) is 2.29. The highest BCUT2D eigenvalue weighted by molar-refractivity contribution is 5.88. The molecule has 0 bridgehead atoms. The summed E-state index contributed by atoms with van der Waals surface area (Å²) in [6.45, 7) is 1.22. The molecule has 0 radical (unpaired) electrons. The average molecular weight is 274 g/mol. The van der Waals surface area contributed by atoms with E-state index in [0.717, 1.165) is 30.5 Å². The summed E-state index contributed by atoms with van der Waals surface area (Å²) in [5.74, 6) is -1.00. The smallest absolute Gasteiger partial charge is 0.326 e. The Morgan fingerprint density at radius 3 is 2.65 bits per heavy atom. The van der Waals surface area contributed by atoms with Crippen LogP contribution in [0, 0.1) is 0 Å². The van der Waals surface area contributed by atoms with Crippen molar-refractivity contribution in [2.75, 3.05) is 6.54 Å². The highest BCUT2D eigenvalue weighted by Gasteiger charge is 2.37. The van der Waals surface area contributed by atoms with Crippen molar-refractivity contribution >= 4 is 11.9 Å². The van der Waals surface area contributed by atoms with Crippen molar-refractivity contribution in [1.82, 2.24) is 10.2 Å². The second-order valence-electron chi connectivity index (χ2n) is 5.44. The molecule has 0 aromatic heterocycles. The zero-order valence-electron chi connectivity index (χ0n) is 11.2. The zero-order chi connectivity index (χ0) is 14.1. The number of hydrogen-bond donors (Lipinski definition) is 2. The fraction of sp³-hybridized carbons (Fsp3) is 0.467. The minimum atomic E-state index is -0.925. The van der Waals surface area contributed by atoms with Gasteiger partial charge in [0.25, 0.3) is 0 Å². The van der Waals surface area contributed by atoms with Gasteiger partial charge in [0.2, 0.25) is 5.91 Å². The molecule has 1 aromatic carbocycles. The van der Waals surface area contributed by atoms with Crippen molar-refractivity contribution in [3.63, 3.8) is 0 Å². The molecule has 2 atom stereocenters. The van der Waals surface area contributed by atoms with E-state index in [0.29, 0.717) is 13.0 Å². The number of carboxylic acids is 1. The van der Waals surface area contributed by atoms with Crippen LogP contribution in [0.25, 0.3) is 0 Å². The zero-order valence-corrected chi connectivity index (χ0v) is 11.2. The Morgan fingerprint density at radius 2 is 2.00 bits per heavy atom. The summed E-state index contributed by atoms with van der Waals surface area (Å²) in [4.78, 5) is 25.5. The number of carbonyl (C=O) groups excluding carboxylic acids is 1. The molecule has 1 amide bonds. The van der Waals surface area contributed by atoms with Crippen LogP contribution in [0.1, 0.15) is 24.0 Å². The number of rotatable bonds is 2. The Bertz CT molecular complexity index is 538. The Labute approximate surface area is 117 Å². The van der Waals surface area contributed by atoms with Crippen molar-refractivity contribution in [3.8, 4) is 0 Å². The molecule has 5 heteroatoms. The molecule has 1 fully saturated rings. The van der Waals surface area contributed by atoms with Crippen LogP contribution in [0.3, 0.4) is 0 Å². The van der Waals surface area contributed by atoms with E-state index in [1.807, 2.05) is 24.3 Å². The molecule has 1 saturated heterocycles. The summed E-state index contributed by atoms with van der Waals surface area (Å²) >= 11 is 0. The van der Waals surface area contributed by atoms with E-state index in [4.69, 9.17) is 0 Å². The average Bonchev–Trinajstić information content (AvgIpc) is 2.99. The van der Waals surface area contributed by atoms with Crippen LogP contribution >= 0.6 is 0 Å². The molecule has 5 nitrogen and oxygen atoms in total. The summed E-state index contributed by atoms with van der Waals surface area (Å²) < 4.78 is 0. The number of amides is 1. The standard InChI is InChI=1S/C15H18N2O3/c18-14(12-6-3-7-16-12)17-9-11-5-2-1-4-10(11)8-13(17)15(19)20/h1-2,4-5,12-13,16H,3,6-9H2,(H,19,20)/t12-,13+/m0/s1. The molecule has 2 aliphatic heterocycles. The number of carboxylic acid groups (broad SMARTS) is 1. The second kappa shape index (κ2) is 5.25. The molecular formula is C15H18N2O3. The second-order valence-corrected chi connectivity index (χ2v) is 5.44. The molecule has 0 unspecified atom stereocenters. The molecule has 2 heterocycles. The Balaban J connectivity index is 1.88. The molecule has 0 saturated carbocycles. The molecule has 106 valence electrons. The Kier molecular flexibility index (Phi) is 3.44.